The summed E-state index contributed by atoms with van der Waals surface area (Å²) in [6.45, 7) is 8.37. The molecule has 6 heteroatoms. The standard InChI is InChI=1S/C21H25N3OS2/c1-17-5-7-18(8-6-17)22-21-24(10-3-9-23-11-13-25-14-12-23)19(16-27-21)20-4-2-15-26-20/h2,4-8,15-16H,3,9-14H2,1H3/p+1. The second-order valence-corrected chi connectivity index (χ2v) is 8.73. The average Bonchev–Trinajstić information content (AvgIpc) is 3.35. The van der Waals surface area contributed by atoms with Crippen LogP contribution in [0.25, 0.3) is 10.6 Å². The van der Waals surface area contributed by atoms with E-state index in [1.54, 1.807) is 27.6 Å². The van der Waals surface area contributed by atoms with Crippen LogP contribution in [0.2, 0.25) is 0 Å². The number of hydrogen-bond acceptors (Lipinski definition) is 4. The SMILES string of the molecule is Cc1ccc(N=c2scc(-c3cccs3)n2CCC[NH+]2CCOCC2)cc1. The molecule has 0 bridgehead atoms. The lowest BCUT2D eigenvalue weighted by atomic mass is 10.2. The van der Waals surface area contributed by atoms with Crippen molar-refractivity contribution in [3.63, 3.8) is 0 Å². The van der Waals surface area contributed by atoms with Crippen LogP contribution in [0.15, 0.2) is 52.2 Å². The molecule has 0 saturated carbocycles. The number of benzene rings is 1. The quantitative estimate of drug-likeness (QED) is 0.677. The monoisotopic (exact) mass is 400 g/mol. The number of rotatable bonds is 6. The second-order valence-electron chi connectivity index (χ2n) is 6.95. The molecule has 4 rings (SSSR count). The predicted molar refractivity (Wildman–Crippen MR) is 113 cm³/mol. The van der Waals surface area contributed by atoms with Gasteiger partial charge in [-0.1, -0.05) is 23.8 Å². The van der Waals surface area contributed by atoms with Gasteiger partial charge in [0.25, 0.3) is 0 Å². The Kier molecular flexibility index (Phi) is 6.19. The maximum Gasteiger partial charge on any atom is 0.190 e. The molecule has 0 radical (unpaired) electrons. The van der Waals surface area contributed by atoms with Gasteiger partial charge in [-0.25, -0.2) is 4.99 Å². The number of aryl methyl sites for hydroxylation is 1. The van der Waals surface area contributed by atoms with Crippen LogP contribution in [0.1, 0.15) is 12.0 Å². The summed E-state index contributed by atoms with van der Waals surface area (Å²) >= 11 is 3.53. The zero-order valence-corrected chi connectivity index (χ0v) is 17.3. The lowest BCUT2D eigenvalue weighted by molar-refractivity contribution is -0.908. The minimum atomic E-state index is 0.898. The van der Waals surface area contributed by atoms with Gasteiger partial charge >= 0.3 is 0 Å². The van der Waals surface area contributed by atoms with Crippen molar-refractivity contribution < 1.29 is 9.64 Å². The molecule has 0 amide bonds. The number of thiophene rings is 1. The molecule has 1 fully saturated rings. The number of hydrogen-bond donors (Lipinski definition) is 1. The van der Waals surface area contributed by atoms with Crippen molar-refractivity contribution in [1.29, 1.82) is 0 Å². The van der Waals surface area contributed by atoms with E-state index in [0.29, 0.717) is 0 Å². The average molecular weight is 401 g/mol. The fraction of sp³-hybridized carbons (Fsp3) is 0.381. The second kappa shape index (κ2) is 8.97. The van der Waals surface area contributed by atoms with Gasteiger partial charge in [-0.05, 0) is 30.5 Å². The summed E-state index contributed by atoms with van der Waals surface area (Å²) in [6.07, 6.45) is 1.16. The molecule has 1 aliphatic heterocycles. The van der Waals surface area contributed by atoms with Crippen LogP contribution < -0.4 is 9.70 Å². The molecule has 1 saturated heterocycles. The van der Waals surface area contributed by atoms with Crippen molar-refractivity contribution >= 4 is 28.4 Å². The Balaban J connectivity index is 1.58. The number of nitrogens with zero attached hydrogens (tertiary/aromatic N) is 2. The van der Waals surface area contributed by atoms with Crippen LogP contribution >= 0.6 is 22.7 Å². The fourth-order valence-corrected chi connectivity index (χ4v) is 5.16. The molecule has 4 nitrogen and oxygen atoms in total. The largest absolute Gasteiger partial charge is 0.370 e. The molecule has 0 aliphatic carbocycles. The molecular weight excluding hydrogens is 374 g/mol. The van der Waals surface area contributed by atoms with Gasteiger partial charge in [0.2, 0.25) is 0 Å². The lowest BCUT2D eigenvalue weighted by Crippen LogP contribution is -3.14. The van der Waals surface area contributed by atoms with Crippen molar-refractivity contribution in [2.24, 2.45) is 4.99 Å². The Morgan fingerprint density at radius 1 is 1.11 bits per heavy atom. The Morgan fingerprint density at radius 3 is 2.67 bits per heavy atom. The molecule has 0 unspecified atom stereocenters. The normalized spacial score (nSPS) is 16.1. The van der Waals surface area contributed by atoms with E-state index >= 15 is 0 Å². The Bertz CT molecular complexity index is 904. The molecule has 2 aromatic heterocycles. The number of ether oxygens (including phenoxy) is 1. The van der Waals surface area contributed by atoms with Crippen molar-refractivity contribution in [2.75, 3.05) is 32.8 Å². The van der Waals surface area contributed by atoms with Gasteiger partial charge in [0.15, 0.2) is 4.80 Å². The van der Waals surface area contributed by atoms with E-state index in [9.17, 15) is 0 Å². The van der Waals surface area contributed by atoms with E-state index in [-0.39, 0.29) is 0 Å². The van der Waals surface area contributed by atoms with Crippen LogP contribution in [-0.4, -0.2) is 37.4 Å². The van der Waals surface area contributed by atoms with Gasteiger partial charge in [0.1, 0.15) is 13.1 Å². The minimum Gasteiger partial charge on any atom is -0.370 e. The van der Waals surface area contributed by atoms with Crippen LogP contribution in [-0.2, 0) is 11.3 Å². The summed E-state index contributed by atoms with van der Waals surface area (Å²) in [5.74, 6) is 0. The molecule has 3 heterocycles. The van der Waals surface area contributed by atoms with Gasteiger partial charge in [-0.15, -0.1) is 22.7 Å². The molecule has 142 valence electrons. The topological polar surface area (TPSA) is 31.0 Å². The van der Waals surface area contributed by atoms with Gasteiger partial charge < -0.3 is 14.2 Å². The van der Waals surface area contributed by atoms with Crippen molar-refractivity contribution in [3.8, 4) is 10.6 Å². The highest BCUT2D eigenvalue weighted by atomic mass is 32.1. The number of nitrogens with one attached hydrogen (secondary N) is 1. The van der Waals surface area contributed by atoms with Crippen molar-refractivity contribution in [1.82, 2.24) is 4.57 Å². The van der Waals surface area contributed by atoms with Crippen molar-refractivity contribution in [2.45, 2.75) is 19.9 Å². The highest BCUT2D eigenvalue weighted by Gasteiger charge is 2.14. The molecule has 1 aliphatic rings. The van der Waals surface area contributed by atoms with Crippen molar-refractivity contribution in [3.05, 3.63) is 57.5 Å². The highest BCUT2D eigenvalue weighted by Crippen LogP contribution is 2.25. The third-order valence-electron chi connectivity index (χ3n) is 4.94. The van der Waals surface area contributed by atoms with Crippen LogP contribution in [0.3, 0.4) is 0 Å². The zero-order valence-electron chi connectivity index (χ0n) is 15.7. The van der Waals surface area contributed by atoms with Crippen LogP contribution in [0, 0.1) is 6.92 Å². The van der Waals surface area contributed by atoms with Crippen LogP contribution in [0.5, 0.6) is 0 Å². The molecule has 3 aromatic rings. The van der Waals surface area contributed by atoms with Crippen LogP contribution in [0.4, 0.5) is 5.69 Å². The first kappa shape index (κ1) is 18.6. The summed E-state index contributed by atoms with van der Waals surface area (Å²) in [5, 5.41) is 4.40. The lowest BCUT2D eigenvalue weighted by Gasteiger charge is -2.23. The summed E-state index contributed by atoms with van der Waals surface area (Å²) in [7, 11) is 0. The Morgan fingerprint density at radius 2 is 1.93 bits per heavy atom. The summed E-state index contributed by atoms with van der Waals surface area (Å²) < 4.78 is 7.87. The third-order valence-corrected chi connectivity index (χ3v) is 6.70. The predicted octanol–water partition coefficient (Wildman–Crippen LogP) is 3.12. The Labute approximate surface area is 168 Å². The highest BCUT2D eigenvalue weighted by molar-refractivity contribution is 7.14. The van der Waals surface area contributed by atoms with Gasteiger partial charge in [0.05, 0.1) is 36.0 Å². The van der Waals surface area contributed by atoms with E-state index in [1.807, 2.05) is 0 Å². The zero-order chi connectivity index (χ0) is 18.5. The molecule has 1 N–H and O–H groups in total. The van der Waals surface area contributed by atoms with Gasteiger partial charge in [-0.3, -0.25) is 0 Å². The van der Waals surface area contributed by atoms with E-state index in [1.165, 1.54) is 22.7 Å². The van der Waals surface area contributed by atoms with E-state index in [0.717, 1.165) is 49.8 Å². The number of quaternary nitrogens is 1. The van der Waals surface area contributed by atoms with Gasteiger partial charge in [-0.2, -0.15) is 0 Å². The maximum absolute atomic E-state index is 5.48. The Hall–Kier alpha value is -1.73. The van der Waals surface area contributed by atoms with E-state index < -0.39 is 0 Å². The van der Waals surface area contributed by atoms with E-state index in [2.05, 4.69) is 58.6 Å². The first-order chi connectivity index (χ1) is 13.3. The number of aromatic nitrogens is 1. The first-order valence-electron chi connectivity index (χ1n) is 9.54. The maximum atomic E-state index is 5.48. The molecule has 0 spiro atoms. The first-order valence-corrected chi connectivity index (χ1v) is 11.3. The molecular formula is C21H26N3OS2+. The fourth-order valence-electron chi connectivity index (χ4n) is 3.38. The summed E-state index contributed by atoms with van der Waals surface area (Å²) in [6, 6.07) is 12.8. The third kappa shape index (κ3) is 4.76. The number of thiazole rings is 1. The smallest absolute Gasteiger partial charge is 0.190 e. The summed E-state index contributed by atoms with van der Waals surface area (Å²) in [5.41, 5.74) is 3.58. The van der Waals surface area contributed by atoms with E-state index in [4.69, 9.17) is 9.73 Å². The molecule has 27 heavy (non-hydrogen) atoms. The summed E-state index contributed by atoms with van der Waals surface area (Å²) in [4.78, 5) is 8.99. The number of morpholine rings is 1. The van der Waals surface area contributed by atoms with Gasteiger partial charge in [0, 0.05) is 18.3 Å². The molecule has 0 atom stereocenters. The molecule has 1 aromatic carbocycles. The minimum absolute atomic E-state index is 0.898.